The van der Waals surface area contributed by atoms with E-state index in [1.54, 1.807) is 65.0 Å². The molecule has 2 N–H and O–H groups in total. The molecule has 52 heavy (non-hydrogen) atoms. The molecule has 282 valence electrons. The summed E-state index contributed by atoms with van der Waals surface area (Å²) in [4.78, 5) is 64.6. The highest BCUT2D eigenvalue weighted by molar-refractivity contribution is 5.97. The minimum Gasteiger partial charge on any atom is -0.462 e. The van der Waals surface area contributed by atoms with Gasteiger partial charge in [0.25, 0.3) is 0 Å². The van der Waals surface area contributed by atoms with Crippen LogP contribution in [0.15, 0.2) is 42.0 Å². The molecule has 6 rings (SSSR count). The van der Waals surface area contributed by atoms with Crippen LogP contribution in [0.5, 0.6) is 0 Å². The Hall–Kier alpha value is -4.07. The van der Waals surface area contributed by atoms with Crippen LogP contribution >= 0.6 is 0 Å². The van der Waals surface area contributed by atoms with E-state index in [0.29, 0.717) is 11.1 Å². The molecule has 3 aliphatic carbocycles. The van der Waals surface area contributed by atoms with Crippen LogP contribution in [0.2, 0.25) is 0 Å². The monoisotopic (exact) mass is 723 g/mol. The Kier molecular flexibility index (Phi) is 10.7. The van der Waals surface area contributed by atoms with Gasteiger partial charge in [-0.15, -0.1) is 0 Å². The van der Waals surface area contributed by atoms with Crippen LogP contribution in [-0.4, -0.2) is 90.0 Å². The van der Waals surface area contributed by atoms with Crippen LogP contribution in [0.25, 0.3) is 6.08 Å². The molecule has 13 nitrogen and oxygen atoms in total. The van der Waals surface area contributed by atoms with E-state index < -0.39 is 83.7 Å². The molecule has 13 heteroatoms. The van der Waals surface area contributed by atoms with E-state index in [0.717, 1.165) is 31.8 Å². The normalized spacial score (nSPS) is 26.9. The number of fused-ring (bicyclic) bond motifs is 1. The number of hydrogen-bond donors (Lipinski definition) is 2. The summed E-state index contributed by atoms with van der Waals surface area (Å²) in [6.07, 6.45) is 5.10. The maximum Gasteiger partial charge on any atom is 0.348 e. The lowest BCUT2D eigenvalue weighted by atomic mass is 9.90. The first-order valence-electron chi connectivity index (χ1n) is 18.1. The van der Waals surface area contributed by atoms with Crippen molar-refractivity contribution in [1.82, 2.24) is 5.32 Å². The molecule has 2 aliphatic heterocycles. The molecule has 5 atom stereocenters. The number of aliphatic hydroxyl groups excluding tert-OH is 1. The van der Waals surface area contributed by atoms with E-state index in [4.69, 9.17) is 28.4 Å². The smallest absolute Gasteiger partial charge is 0.348 e. The summed E-state index contributed by atoms with van der Waals surface area (Å²) in [7, 11) is 0. The van der Waals surface area contributed by atoms with Gasteiger partial charge in [0, 0.05) is 41.7 Å². The lowest BCUT2D eigenvalue weighted by Crippen LogP contribution is -2.45. The van der Waals surface area contributed by atoms with Crippen molar-refractivity contribution in [2.45, 2.75) is 121 Å². The van der Waals surface area contributed by atoms with E-state index in [-0.39, 0.29) is 43.3 Å². The number of benzene rings is 1. The average molecular weight is 724 g/mol. The van der Waals surface area contributed by atoms with Crippen LogP contribution in [0, 0.1) is 17.3 Å². The Bertz CT molecular complexity index is 1620. The number of carbonyl (C=O) groups is 5. The summed E-state index contributed by atoms with van der Waals surface area (Å²) in [5.74, 6) is -3.33. The van der Waals surface area contributed by atoms with Crippen LogP contribution in [-0.2, 0) is 47.6 Å². The van der Waals surface area contributed by atoms with Gasteiger partial charge in [-0.2, -0.15) is 0 Å². The van der Waals surface area contributed by atoms with Crippen molar-refractivity contribution in [2.75, 3.05) is 13.2 Å². The molecule has 0 bridgehead atoms. The maximum atomic E-state index is 13.8. The second-order valence-electron chi connectivity index (χ2n) is 16.1. The number of esters is 4. The second kappa shape index (κ2) is 14.7. The number of cyclic esters (lactones) is 1. The Morgan fingerprint density at radius 2 is 1.73 bits per heavy atom. The highest BCUT2D eigenvalue weighted by Crippen LogP contribution is 2.59. The maximum absolute atomic E-state index is 13.8. The molecule has 1 amide bonds. The van der Waals surface area contributed by atoms with E-state index in [1.807, 2.05) is 0 Å². The predicted octanol–water partition coefficient (Wildman–Crippen LogP) is 3.95. The molecule has 5 aliphatic rings. The standard InChI is InChI=1S/C39H49NO12/c1-37(2,3)51-31(43)17-15-26(20-41)40-34(44)23-18-28(32-29(19-23)50-39(52-32,24-11-12-24)25-13-14-25)48-35(45)27-9-7-6-8-22(27)10-16-30(42)49-33-36(46)47-21-38(33,4)5/h6-10,16,19,24-26,28-29,32-33,41H,11-15,17-18,20-21H2,1-5H3,(H,40,44)/t26-,28+,29+,32-,33-/m0/s1. The Balaban J connectivity index is 1.17. The van der Waals surface area contributed by atoms with Crippen molar-refractivity contribution in [3.63, 3.8) is 0 Å². The minimum absolute atomic E-state index is 0.00565. The van der Waals surface area contributed by atoms with E-state index in [2.05, 4.69) is 5.32 Å². The van der Waals surface area contributed by atoms with Crippen molar-refractivity contribution in [3.05, 3.63) is 53.1 Å². The first-order valence-corrected chi connectivity index (χ1v) is 18.1. The third-order valence-corrected chi connectivity index (χ3v) is 9.96. The zero-order chi connectivity index (χ0) is 37.4. The Morgan fingerprint density at radius 1 is 1.04 bits per heavy atom. The molecule has 2 saturated carbocycles. The quantitative estimate of drug-likeness (QED) is 0.171. The fourth-order valence-corrected chi connectivity index (χ4v) is 7.02. The molecule has 0 spiro atoms. The summed E-state index contributed by atoms with van der Waals surface area (Å²) in [6, 6.07) is 5.86. The van der Waals surface area contributed by atoms with Crippen molar-refractivity contribution in [2.24, 2.45) is 17.3 Å². The van der Waals surface area contributed by atoms with E-state index >= 15 is 0 Å². The van der Waals surface area contributed by atoms with Gasteiger partial charge in [0.1, 0.15) is 30.5 Å². The molecule has 0 aromatic heterocycles. The summed E-state index contributed by atoms with van der Waals surface area (Å²) >= 11 is 0. The van der Waals surface area contributed by atoms with Crippen LogP contribution in [0.3, 0.4) is 0 Å². The fourth-order valence-electron chi connectivity index (χ4n) is 7.02. The van der Waals surface area contributed by atoms with Crippen molar-refractivity contribution >= 4 is 35.9 Å². The summed E-state index contributed by atoms with van der Waals surface area (Å²) in [5.41, 5.74) is -0.474. The lowest BCUT2D eigenvalue weighted by molar-refractivity contribution is -0.209. The van der Waals surface area contributed by atoms with Gasteiger partial charge in [0.05, 0.1) is 18.2 Å². The first kappa shape index (κ1) is 37.7. The van der Waals surface area contributed by atoms with Gasteiger partial charge in [-0.05, 0) is 76.7 Å². The van der Waals surface area contributed by atoms with Gasteiger partial charge in [0.2, 0.25) is 12.0 Å². The van der Waals surface area contributed by atoms with Crippen LogP contribution in [0.1, 0.15) is 95.5 Å². The van der Waals surface area contributed by atoms with Gasteiger partial charge < -0.3 is 38.8 Å². The minimum atomic E-state index is -1.05. The molecule has 4 fully saturated rings. The van der Waals surface area contributed by atoms with Gasteiger partial charge >= 0.3 is 23.9 Å². The van der Waals surface area contributed by atoms with Gasteiger partial charge in [0.15, 0.2) is 5.79 Å². The molecule has 2 saturated heterocycles. The third-order valence-electron chi connectivity index (χ3n) is 9.96. The highest BCUT2D eigenvalue weighted by atomic mass is 16.8. The van der Waals surface area contributed by atoms with Crippen molar-refractivity contribution in [1.29, 1.82) is 0 Å². The number of carbonyl (C=O) groups excluding carboxylic acids is 5. The molecule has 1 aromatic carbocycles. The molecular formula is C39H49NO12. The molecule has 0 unspecified atom stereocenters. The summed E-state index contributed by atoms with van der Waals surface area (Å²) in [6.45, 7) is 8.57. The van der Waals surface area contributed by atoms with E-state index in [1.165, 1.54) is 6.08 Å². The second-order valence-corrected chi connectivity index (χ2v) is 16.1. The predicted molar refractivity (Wildman–Crippen MR) is 184 cm³/mol. The molecule has 2 heterocycles. The van der Waals surface area contributed by atoms with Crippen LogP contribution < -0.4 is 5.32 Å². The highest BCUT2D eigenvalue weighted by Gasteiger charge is 2.64. The summed E-state index contributed by atoms with van der Waals surface area (Å²) in [5, 5.41) is 12.8. The van der Waals surface area contributed by atoms with Crippen molar-refractivity contribution in [3.8, 4) is 0 Å². The largest absolute Gasteiger partial charge is 0.462 e. The zero-order valence-corrected chi connectivity index (χ0v) is 30.4. The van der Waals surface area contributed by atoms with Gasteiger partial charge in [-0.1, -0.05) is 32.0 Å². The topological polar surface area (TPSA) is 173 Å². The number of nitrogens with one attached hydrogen (secondary N) is 1. The van der Waals surface area contributed by atoms with Crippen LogP contribution in [0.4, 0.5) is 0 Å². The molecule has 0 radical (unpaired) electrons. The first-order chi connectivity index (χ1) is 24.6. The number of rotatable bonds is 13. The molecular weight excluding hydrogens is 674 g/mol. The van der Waals surface area contributed by atoms with Gasteiger partial charge in [-0.25, -0.2) is 14.4 Å². The number of aliphatic hydroxyl groups is 1. The average Bonchev–Trinajstić information content (AvgIpc) is 4.03. The Morgan fingerprint density at radius 3 is 2.35 bits per heavy atom. The Labute approximate surface area is 303 Å². The summed E-state index contributed by atoms with van der Waals surface area (Å²) < 4.78 is 35.3. The third kappa shape index (κ3) is 8.58. The SMILES string of the molecule is CC(C)(C)OC(=O)CC[C@@H](CO)NC(=O)C1=C[C@H]2OC(C3CC3)(C3CC3)O[C@H]2[C@H](OC(=O)c2ccccc2C=CC(=O)O[C@H]2C(=O)OCC2(C)C)C1. The fraction of sp³-hybridized carbons (Fsp3) is 0.615. The lowest BCUT2D eigenvalue weighted by Gasteiger charge is -2.31. The van der Waals surface area contributed by atoms with Crippen molar-refractivity contribution < 1.29 is 57.5 Å². The zero-order valence-electron chi connectivity index (χ0n) is 30.4. The molecule has 1 aromatic rings. The van der Waals surface area contributed by atoms with E-state index in [9.17, 15) is 29.1 Å². The van der Waals surface area contributed by atoms with Gasteiger partial charge in [-0.3, -0.25) is 9.59 Å². The number of hydrogen-bond acceptors (Lipinski definition) is 12. The number of amides is 1. The number of ether oxygens (including phenoxy) is 6.